The summed E-state index contributed by atoms with van der Waals surface area (Å²) in [5.74, 6) is -0.701. The average Bonchev–Trinajstić information content (AvgIpc) is 3.00. The lowest BCUT2D eigenvalue weighted by Crippen LogP contribution is -2.30. The Labute approximate surface area is 158 Å². The molecule has 1 N–H and O–H groups in total. The van der Waals surface area contributed by atoms with Gasteiger partial charge in [-0.2, -0.15) is 0 Å². The average molecular weight is 371 g/mol. The van der Waals surface area contributed by atoms with Gasteiger partial charge in [0.25, 0.3) is 0 Å². The molecule has 0 aliphatic carbocycles. The van der Waals surface area contributed by atoms with Crippen molar-refractivity contribution in [3.8, 4) is 0 Å². The van der Waals surface area contributed by atoms with Crippen molar-refractivity contribution >= 4 is 11.9 Å². The summed E-state index contributed by atoms with van der Waals surface area (Å²) in [5.41, 5.74) is -0.773. The Balaban J connectivity index is 1.89. The monoisotopic (exact) mass is 370 g/mol. The molecule has 0 aromatic rings. The van der Waals surface area contributed by atoms with Gasteiger partial charge in [-0.3, -0.25) is 9.59 Å². The molecule has 152 valence electrons. The molecule has 0 aromatic heterocycles. The van der Waals surface area contributed by atoms with Gasteiger partial charge < -0.3 is 14.6 Å². The first kappa shape index (κ1) is 22.9. The van der Waals surface area contributed by atoms with Crippen LogP contribution in [0.25, 0.3) is 0 Å². The first-order valence-electron chi connectivity index (χ1n) is 10.5. The maximum atomic E-state index is 11.9. The number of carbonyl (C=O) groups excluding carboxylic acids is 2. The van der Waals surface area contributed by atoms with Crippen LogP contribution in [0.2, 0.25) is 0 Å². The van der Waals surface area contributed by atoms with Crippen LogP contribution in [-0.2, 0) is 19.1 Å². The maximum absolute atomic E-state index is 11.9. The number of ether oxygens (including phenoxy) is 2. The van der Waals surface area contributed by atoms with Crippen LogP contribution in [0.1, 0.15) is 96.8 Å². The molecule has 1 heterocycles. The molecule has 0 spiro atoms. The Hall–Kier alpha value is -1.10. The molecule has 0 amide bonds. The lowest BCUT2D eigenvalue weighted by atomic mass is 9.84. The summed E-state index contributed by atoms with van der Waals surface area (Å²) < 4.78 is 10.1. The second-order valence-corrected chi connectivity index (χ2v) is 7.78. The highest BCUT2D eigenvalue weighted by Crippen LogP contribution is 2.33. The van der Waals surface area contributed by atoms with Gasteiger partial charge >= 0.3 is 11.9 Å². The van der Waals surface area contributed by atoms with Gasteiger partial charge in [-0.25, -0.2) is 0 Å². The standard InChI is InChI=1S/C21H38O5/c1-2-3-4-5-6-7-8-9-10-11-12-13-14-25-19(23)15-21(17-22)16-20(24)26-18-21/h22H,2-18H2,1H3/t21-/m1/s1. The van der Waals surface area contributed by atoms with Gasteiger partial charge in [0.05, 0.1) is 26.1 Å². The van der Waals surface area contributed by atoms with Gasteiger partial charge in [0.1, 0.15) is 6.61 Å². The quantitative estimate of drug-likeness (QED) is 0.319. The number of aliphatic hydroxyl groups is 1. The molecule has 5 nitrogen and oxygen atoms in total. The van der Waals surface area contributed by atoms with Crippen LogP contribution in [0.3, 0.4) is 0 Å². The summed E-state index contributed by atoms with van der Waals surface area (Å²) >= 11 is 0. The molecule has 0 bridgehead atoms. The predicted octanol–water partition coefficient (Wildman–Crippen LogP) is 4.55. The summed E-state index contributed by atoms with van der Waals surface area (Å²) in [7, 11) is 0. The zero-order valence-corrected chi connectivity index (χ0v) is 16.6. The lowest BCUT2D eigenvalue weighted by molar-refractivity contribution is -0.147. The van der Waals surface area contributed by atoms with Crippen molar-refractivity contribution in [3.63, 3.8) is 0 Å². The van der Waals surface area contributed by atoms with Crippen molar-refractivity contribution in [1.29, 1.82) is 0 Å². The number of cyclic esters (lactones) is 1. The fourth-order valence-corrected chi connectivity index (χ4v) is 3.40. The van der Waals surface area contributed by atoms with E-state index in [1.165, 1.54) is 64.2 Å². The smallest absolute Gasteiger partial charge is 0.306 e. The number of hydrogen-bond acceptors (Lipinski definition) is 5. The van der Waals surface area contributed by atoms with Crippen LogP contribution in [0.4, 0.5) is 0 Å². The number of hydrogen-bond donors (Lipinski definition) is 1. The van der Waals surface area contributed by atoms with E-state index in [-0.39, 0.29) is 38.0 Å². The Kier molecular flexibility index (Phi) is 12.4. The van der Waals surface area contributed by atoms with E-state index < -0.39 is 5.41 Å². The molecule has 5 heteroatoms. The first-order valence-corrected chi connectivity index (χ1v) is 10.5. The van der Waals surface area contributed by atoms with E-state index in [0.29, 0.717) is 6.61 Å². The first-order chi connectivity index (χ1) is 12.6. The van der Waals surface area contributed by atoms with Crippen molar-refractivity contribution in [2.45, 2.75) is 96.8 Å². The second kappa shape index (κ2) is 14.0. The predicted molar refractivity (Wildman–Crippen MR) is 102 cm³/mol. The molecular formula is C21H38O5. The summed E-state index contributed by atoms with van der Waals surface area (Å²) in [5, 5.41) is 9.43. The van der Waals surface area contributed by atoms with Crippen LogP contribution >= 0.6 is 0 Å². The minimum Gasteiger partial charge on any atom is -0.466 e. The highest BCUT2D eigenvalue weighted by Gasteiger charge is 2.42. The van der Waals surface area contributed by atoms with Gasteiger partial charge in [-0.15, -0.1) is 0 Å². The van der Waals surface area contributed by atoms with Crippen molar-refractivity contribution in [3.05, 3.63) is 0 Å². The van der Waals surface area contributed by atoms with E-state index in [1.807, 2.05) is 0 Å². The molecule has 26 heavy (non-hydrogen) atoms. The molecule has 1 saturated heterocycles. The number of aliphatic hydroxyl groups excluding tert-OH is 1. The SMILES string of the molecule is CCCCCCCCCCCCCCOC(=O)C[C@@]1(CO)COC(=O)C1. The highest BCUT2D eigenvalue weighted by atomic mass is 16.5. The molecule has 0 saturated carbocycles. The zero-order chi connectivity index (χ0) is 19.1. The van der Waals surface area contributed by atoms with Gasteiger partial charge in [-0.05, 0) is 6.42 Å². The zero-order valence-electron chi connectivity index (χ0n) is 16.6. The second-order valence-electron chi connectivity index (χ2n) is 7.78. The fraction of sp³-hybridized carbons (Fsp3) is 0.905. The molecular weight excluding hydrogens is 332 g/mol. The minimum absolute atomic E-state index is 0.0491. The minimum atomic E-state index is -0.773. The number of esters is 2. The van der Waals surface area contributed by atoms with Crippen molar-refractivity contribution in [2.24, 2.45) is 5.41 Å². The molecule has 1 atom stereocenters. The lowest BCUT2D eigenvalue weighted by Gasteiger charge is -2.21. The van der Waals surface area contributed by atoms with E-state index in [0.717, 1.165) is 12.8 Å². The fourth-order valence-electron chi connectivity index (χ4n) is 3.40. The summed E-state index contributed by atoms with van der Waals surface area (Å²) in [6.07, 6.45) is 15.4. The molecule has 1 aliphatic heterocycles. The third-order valence-electron chi connectivity index (χ3n) is 5.17. The topological polar surface area (TPSA) is 72.8 Å². The van der Waals surface area contributed by atoms with E-state index >= 15 is 0 Å². The van der Waals surface area contributed by atoms with Crippen molar-refractivity contribution in [1.82, 2.24) is 0 Å². The molecule has 1 fully saturated rings. The molecule has 0 unspecified atom stereocenters. The van der Waals surface area contributed by atoms with Crippen LogP contribution in [0, 0.1) is 5.41 Å². The summed E-state index contributed by atoms with van der Waals surface area (Å²) in [6, 6.07) is 0. The number of unbranched alkanes of at least 4 members (excludes halogenated alkanes) is 11. The largest absolute Gasteiger partial charge is 0.466 e. The van der Waals surface area contributed by atoms with E-state index in [2.05, 4.69) is 6.92 Å². The van der Waals surface area contributed by atoms with Gasteiger partial charge in [0, 0.05) is 5.41 Å². The molecule has 1 aliphatic rings. The molecule has 0 radical (unpaired) electrons. The summed E-state index contributed by atoms with van der Waals surface area (Å²) in [6.45, 7) is 2.55. The third kappa shape index (κ3) is 10.1. The van der Waals surface area contributed by atoms with Crippen LogP contribution < -0.4 is 0 Å². The summed E-state index contributed by atoms with van der Waals surface area (Å²) in [4.78, 5) is 23.1. The van der Waals surface area contributed by atoms with E-state index in [1.54, 1.807) is 0 Å². The highest BCUT2D eigenvalue weighted by molar-refractivity contribution is 5.76. The maximum Gasteiger partial charge on any atom is 0.306 e. The van der Waals surface area contributed by atoms with E-state index in [4.69, 9.17) is 9.47 Å². The Morgan fingerprint density at radius 2 is 1.54 bits per heavy atom. The normalized spacial score (nSPS) is 19.5. The van der Waals surface area contributed by atoms with Crippen molar-refractivity contribution < 1.29 is 24.2 Å². The molecule has 1 rings (SSSR count). The van der Waals surface area contributed by atoms with Gasteiger partial charge in [-0.1, -0.05) is 77.6 Å². The Morgan fingerprint density at radius 1 is 1.00 bits per heavy atom. The molecule has 0 aromatic carbocycles. The van der Waals surface area contributed by atoms with Crippen LogP contribution in [0.15, 0.2) is 0 Å². The van der Waals surface area contributed by atoms with Gasteiger partial charge in [0.15, 0.2) is 0 Å². The van der Waals surface area contributed by atoms with Crippen molar-refractivity contribution in [2.75, 3.05) is 19.8 Å². The van der Waals surface area contributed by atoms with E-state index in [9.17, 15) is 14.7 Å². The van der Waals surface area contributed by atoms with Crippen LogP contribution in [-0.4, -0.2) is 36.9 Å². The number of carbonyl (C=O) groups is 2. The third-order valence-corrected chi connectivity index (χ3v) is 5.17. The Morgan fingerprint density at radius 3 is 2.00 bits per heavy atom. The Bertz CT molecular complexity index is 396. The number of rotatable bonds is 16. The van der Waals surface area contributed by atoms with Gasteiger partial charge in [0.2, 0.25) is 0 Å². The van der Waals surface area contributed by atoms with Crippen LogP contribution in [0.5, 0.6) is 0 Å².